The Bertz CT molecular complexity index is 821. The number of rotatable bonds is 4. The maximum absolute atomic E-state index is 12.6. The van der Waals surface area contributed by atoms with Crippen LogP contribution in [0.25, 0.3) is 0 Å². The molecule has 2 aromatic carbocycles. The van der Waals surface area contributed by atoms with Gasteiger partial charge in [-0.2, -0.15) is 0 Å². The minimum absolute atomic E-state index is 0.177. The van der Waals surface area contributed by atoms with Crippen LogP contribution in [-0.4, -0.2) is 20.6 Å². The van der Waals surface area contributed by atoms with Gasteiger partial charge < -0.3 is 10.6 Å². The van der Waals surface area contributed by atoms with Crippen molar-refractivity contribution in [1.82, 2.24) is 5.32 Å². The molecule has 23 heavy (non-hydrogen) atoms. The molecule has 0 amide bonds. The Balaban J connectivity index is 2.32. The summed E-state index contributed by atoms with van der Waals surface area (Å²) in [6, 6.07) is 11.5. The Morgan fingerprint density at radius 1 is 1.09 bits per heavy atom. The highest BCUT2D eigenvalue weighted by molar-refractivity contribution is 7.92. The monoisotopic (exact) mass is 369 g/mol. The van der Waals surface area contributed by atoms with Crippen LogP contribution in [0.3, 0.4) is 0 Å². The third kappa shape index (κ3) is 4.57. The lowest BCUT2D eigenvalue weighted by Gasteiger charge is -2.13. The van der Waals surface area contributed by atoms with Gasteiger partial charge in [-0.1, -0.05) is 17.7 Å². The number of hydrogen-bond acceptors (Lipinski definition) is 3. The van der Waals surface area contributed by atoms with Gasteiger partial charge in [0.25, 0.3) is 10.0 Å². The van der Waals surface area contributed by atoms with Crippen molar-refractivity contribution in [2.45, 2.75) is 11.8 Å². The molecule has 0 fully saturated rings. The molecule has 0 radical (unpaired) electrons. The molecule has 0 aliphatic heterocycles. The van der Waals surface area contributed by atoms with E-state index in [-0.39, 0.29) is 4.90 Å². The zero-order valence-corrected chi connectivity index (χ0v) is 14.9. The highest BCUT2D eigenvalue weighted by Gasteiger charge is 2.18. The summed E-state index contributed by atoms with van der Waals surface area (Å²) in [6.45, 7) is 1.73. The maximum atomic E-state index is 12.6. The summed E-state index contributed by atoms with van der Waals surface area (Å²) in [5.74, 6) is 0. The van der Waals surface area contributed by atoms with Crippen LogP contribution in [0.15, 0.2) is 47.4 Å². The number of anilines is 2. The van der Waals surface area contributed by atoms with Gasteiger partial charge in [0.2, 0.25) is 0 Å². The zero-order chi connectivity index (χ0) is 17.0. The molecule has 5 nitrogen and oxygen atoms in total. The summed E-state index contributed by atoms with van der Waals surface area (Å²) in [5.41, 5.74) is 1.66. The summed E-state index contributed by atoms with van der Waals surface area (Å²) < 4.78 is 27.7. The molecule has 0 saturated heterocycles. The van der Waals surface area contributed by atoms with Crippen LogP contribution >= 0.6 is 23.8 Å². The molecule has 0 aliphatic carbocycles. The first-order valence-corrected chi connectivity index (χ1v) is 8.96. The Labute approximate surface area is 146 Å². The van der Waals surface area contributed by atoms with Crippen LogP contribution in [0.4, 0.5) is 11.4 Å². The van der Waals surface area contributed by atoms with Crippen molar-refractivity contribution in [1.29, 1.82) is 0 Å². The second-order valence-corrected chi connectivity index (χ2v) is 7.29. The van der Waals surface area contributed by atoms with E-state index < -0.39 is 10.0 Å². The molecule has 3 N–H and O–H groups in total. The van der Waals surface area contributed by atoms with Crippen molar-refractivity contribution < 1.29 is 8.42 Å². The molecule has 0 bridgehead atoms. The Kier molecular flexibility index (Phi) is 5.46. The zero-order valence-electron chi connectivity index (χ0n) is 12.6. The molecular weight excluding hydrogens is 354 g/mol. The fourth-order valence-corrected chi connectivity index (χ4v) is 3.46. The van der Waals surface area contributed by atoms with Gasteiger partial charge in [0.15, 0.2) is 5.11 Å². The van der Waals surface area contributed by atoms with Gasteiger partial charge >= 0.3 is 0 Å². The maximum Gasteiger partial charge on any atom is 0.262 e. The van der Waals surface area contributed by atoms with Crippen molar-refractivity contribution in [2.24, 2.45) is 0 Å². The van der Waals surface area contributed by atoms with Crippen molar-refractivity contribution >= 4 is 50.3 Å². The molecule has 2 rings (SSSR count). The normalized spacial score (nSPS) is 10.9. The molecule has 0 aromatic heterocycles. The Hall–Kier alpha value is -1.83. The Morgan fingerprint density at radius 2 is 1.70 bits per heavy atom. The number of nitrogens with one attached hydrogen (secondary N) is 3. The lowest BCUT2D eigenvalue weighted by Crippen LogP contribution is -2.24. The summed E-state index contributed by atoms with van der Waals surface area (Å²) in [4.78, 5) is 0.177. The Morgan fingerprint density at radius 3 is 2.30 bits per heavy atom. The van der Waals surface area contributed by atoms with E-state index in [2.05, 4.69) is 15.4 Å². The van der Waals surface area contributed by atoms with Crippen molar-refractivity contribution in [3.63, 3.8) is 0 Å². The second-order valence-electron chi connectivity index (χ2n) is 4.80. The molecule has 0 spiro atoms. The fourth-order valence-electron chi connectivity index (χ4n) is 1.89. The number of halogens is 1. The number of thiocarbonyl (C=S) groups is 1. The van der Waals surface area contributed by atoms with Crippen LogP contribution in [0.2, 0.25) is 5.02 Å². The van der Waals surface area contributed by atoms with Gasteiger partial charge in [0.05, 0.1) is 4.90 Å². The van der Waals surface area contributed by atoms with E-state index in [9.17, 15) is 8.42 Å². The molecular formula is C15H16ClN3O2S2. The first kappa shape index (κ1) is 17.5. The summed E-state index contributed by atoms with van der Waals surface area (Å²) in [6.07, 6.45) is 0. The molecule has 0 atom stereocenters. The first-order valence-electron chi connectivity index (χ1n) is 6.69. The van der Waals surface area contributed by atoms with E-state index in [1.165, 1.54) is 6.07 Å². The quantitative estimate of drug-likeness (QED) is 0.721. The van der Waals surface area contributed by atoms with Crippen LogP contribution in [0.1, 0.15) is 5.56 Å². The topological polar surface area (TPSA) is 70.2 Å². The van der Waals surface area contributed by atoms with E-state index in [4.69, 9.17) is 23.8 Å². The molecule has 2 aromatic rings. The predicted octanol–water partition coefficient (Wildman–Crippen LogP) is 3.37. The average Bonchev–Trinajstić information content (AvgIpc) is 2.51. The number of hydrogen-bond donors (Lipinski definition) is 3. The standard InChI is InChI=1S/C15H16ClN3O2S2/c1-10-3-6-13(18-15(22)17-2)9-14(10)23(20,21)19-12-7-4-11(16)5-8-12/h3-9,19H,1-2H3,(H2,17,18,22). The fraction of sp³-hybridized carbons (Fsp3) is 0.133. The minimum Gasteiger partial charge on any atom is -0.366 e. The predicted molar refractivity (Wildman–Crippen MR) is 98.7 cm³/mol. The SMILES string of the molecule is CNC(=S)Nc1ccc(C)c(S(=O)(=O)Nc2ccc(Cl)cc2)c1. The summed E-state index contributed by atoms with van der Waals surface area (Å²) in [5, 5.41) is 6.63. The van der Waals surface area contributed by atoms with Crippen molar-refractivity contribution in [3.8, 4) is 0 Å². The van der Waals surface area contributed by atoms with Gasteiger partial charge in [-0.15, -0.1) is 0 Å². The highest BCUT2D eigenvalue weighted by atomic mass is 35.5. The second kappa shape index (κ2) is 7.16. The lowest BCUT2D eigenvalue weighted by molar-refractivity contribution is 0.600. The van der Waals surface area contributed by atoms with E-state index in [0.717, 1.165) is 0 Å². The average molecular weight is 370 g/mol. The van der Waals surface area contributed by atoms with Crippen molar-refractivity contribution in [2.75, 3.05) is 17.1 Å². The summed E-state index contributed by atoms with van der Waals surface area (Å²) >= 11 is 10.8. The minimum atomic E-state index is -3.72. The molecule has 8 heteroatoms. The molecule has 0 unspecified atom stereocenters. The lowest BCUT2D eigenvalue weighted by atomic mass is 10.2. The highest BCUT2D eigenvalue weighted by Crippen LogP contribution is 2.23. The first-order chi connectivity index (χ1) is 10.8. The molecule has 0 heterocycles. The van der Waals surface area contributed by atoms with Gasteiger partial charge in [0.1, 0.15) is 0 Å². The van der Waals surface area contributed by atoms with Crippen LogP contribution < -0.4 is 15.4 Å². The number of benzene rings is 2. The van der Waals surface area contributed by atoms with E-state index in [1.54, 1.807) is 50.4 Å². The third-order valence-electron chi connectivity index (χ3n) is 3.06. The van der Waals surface area contributed by atoms with Gasteiger partial charge in [-0.3, -0.25) is 4.72 Å². The molecule has 0 aliphatic rings. The van der Waals surface area contributed by atoms with Gasteiger partial charge in [-0.25, -0.2) is 8.42 Å². The van der Waals surface area contributed by atoms with Gasteiger partial charge in [-0.05, 0) is 61.1 Å². The molecule has 0 saturated carbocycles. The third-order valence-corrected chi connectivity index (χ3v) is 5.14. The van der Waals surface area contributed by atoms with E-state index >= 15 is 0 Å². The summed E-state index contributed by atoms with van der Waals surface area (Å²) in [7, 11) is -2.03. The van der Waals surface area contributed by atoms with Crippen LogP contribution in [0.5, 0.6) is 0 Å². The van der Waals surface area contributed by atoms with E-state index in [1.807, 2.05) is 0 Å². The van der Waals surface area contributed by atoms with Gasteiger partial charge in [0, 0.05) is 23.4 Å². The van der Waals surface area contributed by atoms with Crippen LogP contribution in [-0.2, 0) is 10.0 Å². The van der Waals surface area contributed by atoms with E-state index in [0.29, 0.717) is 27.1 Å². The largest absolute Gasteiger partial charge is 0.366 e. The van der Waals surface area contributed by atoms with Crippen LogP contribution in [0, 0.1) is 6.92 Å². The number of aryl methyl sites for hydroxylation is 1. The van der Waals surface area contributed by atoms with Crippen molar-refractivity contribution in [3.05, 3.63) is 53.1 Å². The smallest absolute Gasteiger partial charge is 0.262 e. The number of sulfonamides is 1. The molecule has 122 valence electrons.